The fraction of sp³-hybridized carbons (Fsp3) is 0.318. The van der Waals surface area contributed by atoms with Crippen molar-refractivity contribution < 1.29 is 19.5 Å². The van der Waals surface area contributed by atoms with E-state index in [9.17, 15) is 19.5 Å². The smallest absolute Gasteiger partial charge is 0.329 e. The SMILES string of the molecule is CC(C)[C@@H](C(=O)O)N1C(=O)N(Cc2ccccc2)[C@@](C)(c2ccccc2)C1=O. The summed E-state index contributed by atoms with van der Waals surface area (Å²) in [6.45, 7) is 5.28. The van der Waals surface area contributed by atoms with Crippen molar-refractivity contribution in [2.45, 2.75) is 38.9 Å². The minimum absolute atomic E-state index is 0.206. The molecule has 2 aromatic carbocycles. The summed E-state index contributed by atoms with van der Waals surface area (Å²) >= 11 is 0. The van der Waals surface area contributed by atoms with E-state index in [0.29, 0.717) is 5.56 Å². The minimum Gasteiger partial charge on any atom is -0.480 e. The average molecular weight is 380 g/mol. The first kappa shape index (κ1) is 19.6. The summed E-state index contributed by atoms with van der Waals surface area (Å²) in [6, 6.07) is 16.6. The lowest BCUT2D eigenvalue weighted by molar-refractivity contribution is -0.149. The van der Waals surface area contributed by atoms with Gasteiger partial charge in [-0.05, 0) is 24.0 Å². The Morgan fingerprint density at radius 2 is 1.54 bits per heavy atom. The van der Waals surface area contributed by atoms with Gasteiger partial charge in [0, 0.05) is 6.54 Å². The molecule has 0 unspecified atom stereocenters. The fourth-order valence-electron chi connectivity index (χ4n) is 3.73. The number of hydrogen-bond acceptors (Lipinski definition) is 3. The quantitative estimate of drug-likeness (QED) is 0.779. The topological polar surface area (TPSA) is 77.9 Å². The molecule has 0 radical (unpaired) electrons. The van der Waals surface area contributed by atoms with Crippen molar-refractivity contribution in [3.63, 3.8) is 0 Å². The van der Waals surface area contributed by atoms with E-state index in [4.69, 9.17) is 0 Å². The number of carbonyl (C=O) groups is 3. The average Bonchev–Trinajstić information content (AvgIpc) is 2.86. The first-order valence-electron chi connectivity index (χ1n) is 9.26. The van der Waals surface area contributed by atoms with E-state index in [1.165, 1.54) is 4.90 Å². The number of rotatable bonds is 6. The Hall–Kier alpha value is -3.15. The number of carboxylic acids is 1. The van der Waals surface area contributed by atoms with E-state index in [-0.39, 0.29) is 6.54 Å². The van der Waals surface area contributed by atoms with E-state index < -0.39 is 35.4 Å². The predicted molar refractivity (Wildman–Crippen MR) is 104 cm³/mol. The van der Waals surface area contributed by atoms with E-state index in [1.807, 2.05) is 36.4 Å². The summed E-state index contributed by atoms with van der Waals surface area (Å²) < 4.78 is 0. The second kappa shape index (κ2) is 7.46. The third-order valence-corrected chi connectivity index (χ3v) is 5.29. The lowest BCUT2D eigenvalue weighted by Gasteiger charge is -2.32. The lowest BCUT2D eigenvalue weighted by atomic mass is 9.89. The van der Waals surface area contributed by atoms with Crippen LogP contribution in [0, 0.1) is 5.92 Å². The minimum atomic E-state index is -1.28. The Kier molecular flexibility index (Phi) is 5.23. The van der Waals surface area contributed by atoms with Crippen LogP contribution in [0.15, 0.2) is 60.7 Å². The van der Waals surface area contributed by atoms with E-state index in [2.05, 4.69) is 0 Å². The maximum absolute atomic E-state index is 13.5. The van der Waals surface area contributed by atoms with Crippen LogP contribution < -0.4 is 0 Å². The monoisotopic (exact) mass is 380 g/mol. The second-order valence-electron chi connectivity index (χ2n) is 7.49. The van der Waals surface area contributed by atoms with Crippen molar-refractivity contribution >= 4 is 17.9 Å². The molecule has 6 nitrogen and oxygen atoms in total. The first-order chi connectivity index (χ1) is 13.3. The molecule has 146 valence electrons. The Labute approximate surface area is 164 Å². The molecule has 0 bridgehead atoms. The van der Waals surface area contributed by atoms with E-state index >= 15 is 0 Å². The first-order valence-corrected chi connectivity index (χ1v) is 9.26. The van der Waals surface area contributed by atoms with Crippen LogP contribution in [0.2, 0.25) is 0 Å². The fourth-order valence-corrected chi connectivity index (χ4v) is 3.73. The third kappa shape index (κ3) is 3.15. The van der Waals surface area contributed by atoms with Gasteiger partial charge in [-0.2, -0.15) is 0 Å². The van der Waals surface area contributed by atoms with Crippen LogP contribution >= 0.6 is 0 Å². The van der Waals surface area contributed by atoms with Crippen LogP contribution in [-0.2, 0) is 21.7 Å². The summed E-state index contributed by atoms with van der Waals surface area (Å²) in [6.07, 6.45) is 0. The maximum Gasteiger partial charge on any atom is 0.329 e. The molecule has 1 aliphatic rings. The molecule has 0 saturated carbocycles. The Bertz CT molecular complexity index is 882. The number of hydrogen-bond donors (Lipinski definition) is 1. The van der Waals surface area contributed by atoms with Gasteiger partial charge in [-0.1, -0.05) is 74.5 Å². The maximum atomic E-state index is 13.5. The normalized spacial score (nSPS) is 20.7. The van der Waals surface area contributed by atoms with E-state index in [1.54, 1.807) is 45.0 Å². The number of carbonyl (C=O) groups excluding carboxylic acids is 2. The van der Waals surface area contributed by atoms with Crippen molar-refractivity contribution in [1.82, 2.24) is 9.80 Å². The highest BCUT2D eigenvalue weighted by Gasteiger charge is 2.58. The highest BCUT2D eigenvalue weighted by Crippen LogP contribution is 2.40. The Morgan fingerprint density at radius 3 is 2.04 bits per heavy atom. The number of aliphatic carboxylic acids is 1. The van der Waals surface area contributed by atoms with Gasteiger partial charge in [-0.15, -0.1) is 0 Å². The predicted octanol–water partition coefficient (Wildman–Crippen LogP) is 3.48. The van der Waals surface area contributed by atoms with Crippen LogP contribution in [0.4, 0.5) is 4.79 Å². The van der Waals surface area contributed by atoms with Crippen LogP contribution in [0.5, 0.6) is 0 Å². The Balaban J connectivity index is 2.12. The number of amides is 3. The summed E-state index contributed by atoms with van der Waals surface area (Å²) in [7, 11) is 0. The molecule has 2 aromatic rings. The van der Waals surface area contributed by atoms with Crippen molar-refractivity contribution in [2.24, 2.45) is 5.92 Å². The second-order valence-corrected chi connectivity index (χ2v) is 7.49. The zero-order valence-electron chi connectivity index (χ0n) is 16.2. The molecule has 1 aliphatic heterocycles. The molecule has 0 aliphatic carbocycles. The van der Waals surface area contributed by atoms with Gasteiger partial charge >= 0.3 is 12.0 Å². The highest BCUT2D eigenvalue weighted by atomic mass is 16.4. The van der Waals surface area contributed by atoms with Crippen molar-refractivity contribution in [3.05, 3.63) is 71.8 Å². The van der Waals surface area contributed by atoms with Gasteiger partial charge in [0.1, 0.15) is 11.6 Å². The number of imide groups is 1. The van der Waals surface area contributed by atoms with Gasteiger partial charge in [0.05, 0.1) is 0 Å². The molecule has 6 heteroatoms. The third-order valence-electron chi connectivity index (χ3n) is 5.29. The van der Waals surface area contributed by atoms with Gasteiger partial charge in [-0.25, -0.2) is 14.5 Å². The van der Waals surface area contributed by atoms with Crippen LogP contribution in [0.3, 0.4) is 0 Å². The van der Waals surface area contributed by atoms with E-state index in [0.717, 1.165) is 10.5 Å². The van der Waals surface area contributed by atoms with Gasteiger partial charge < -0.3 is 10.0 Å². The number of urea groups is 1. The van der Waals surface area contributed by atoms with Crippen LogP contribution in [0.1, 0.15) is 31.9 Å². The highest BCUT2D eigenvalue weighted by molar-refractivity contribution is 6.09. The number of nitrogens with zero attached hydrogens (tertiary/aromatic N) is 2. The van der Waals surface area contributed by atoms with Crippen molar-refractivity contribution in [1.29, 1.82) is 0 Å². The summed E-state index contributed by atoms with van der Waals surface area (Å²) in [5, 5.41) is 9.69. The molecule has 0 spiro atoms. The molecule has 1 saturated heterocycles. The molecule has 1 N–H and O–H groups in total. The number of carboxylic acid groups (broad SMARTS) is 1. The molecule has 2 atom stereocenters. The van der Waals surface area contributed by atoms with Crippen LogP contribution in [-0.4, -0.2) is 38.9 Å². The molecular formula is C22H24N2O4. The van der Waals surface area contributed by atoms with Gasteiger partial charge in [0.15, 0.2) is 0 Å². The zero-order valence-corrected chi connectivity index (χ0v) is 16.2. The largest absolute Gasteiger partial charge is 0.480 e. The molecule has 3 rings (SSSR count). The van der Waals surface area contributed by atoms with Crippen LogP contribution in [0.25, 0.3) is 0 Å². The molecule has 3 amide bonds. The summed E-state index contributed by atoms with van der Waals surface area (Å²) in [5.74, 6) is -2.11. The van der Waals surface area contributed by atoms with Crippen molar-refractivity contribution in [2.75, 3.05) is 0 Å². The summed E-state index contributed by atoms with van der Waals surface area (Å²) in [5.41, 5.74) is 0.236. The molecule has 0 aromatic heterocycles. The molecule has 28 heavy (non-hydrogen) atoms. The van der Waals surface area contributed by atoms with Gasteiger partial charge in [-0.3, -0.25) is 4.79 Å². The van der Waals surface area contributed by atoms with Gasteiger partial charge in [0.2, 0.25) is 0 Å². The Morgan fingerprint density at radius 1 is 1.00 bits per heavy atom. The molecule has 1 heterocycles. The zero-order chi connectivity index (χ0) is 20.5. The standard InChI is InChI=1S/C22H24N2O4/c1-15(2)18(19(25)26)24-20(27)22(3,17-12-8-5-9-13-17)23(21(24)28)14-16-10-6-4-7-11-16/h4-13,15,18H,14H2,1-3H3,(H,25,26)/t18-,22-/m0/s1. The molecular weight excluding hydrogens is 356 g/mol. The van der Waals surface area contributed by atoms with Crippen molar-refractivity contribution in [3.8, 4) is 0 Å². The van der Waals surface area contributed by atoms with Gasteiger partial charge in [0.25, 0.3) is 5.91 Å². The summed E-state index contributed by atoms with van der Waals surface area (Å²) in [4.78, 5) is 41.1. The number of benzene rings is 2. The molecule has 1 fully saturated rings. The lowest BCUT2D eigenvalue weighted by Crippen LogP contribution is -2.49.